The second-order valence-corrected chi connectivity index (χ2v) is 6.66. The zero-order valence-corrected chi connectivity index (χ0v) is 12.9. The van der Waals surface area contributed by atoms with Gasteiger partial charge in [-0.1, -0.05) is 19.3 Å². The van der Waals surface area contributed by atoms with Gasteiger partial charge in [-0.15, -0.1) is 0 Å². The summed E-state index contributed by atoms with van der Waals surface area (Å²) in [6, 6.07) is 0.402. The van der Waals surface area contributed by atoms with Crippen molar-refractivity contribution in [2.24, 2.45) is 18.2 Å². The van der Waals surface area contributed by atoms with Gasteiger partial charge in [-0.05, 0) is 25.7 Å². The Kier molecular flexibility index (Phi) is 4.02. The lowest BCUT2D eigenvalue weighted by Crippen LogP contribution is -2.49. The Bertz CT molecular complexity index is 500. The number of nitrogens with zero attached hydrogens (tertiary/aromatic N) is 3. The summed E-state index contributed by atoms with van der Waals surface area (Å²) in [6.45, 7) is 1.10. The molecule has 0 unspecified atom stereocenters. The van der Waals surface area contributed by atoms with Crippen molar-refractivity contribution in [1.29, 1.82) is 0 Å². The van der Waals surface area contributed by atoms with E-state index in [1.54, 1.807) is 6.20 Å². The normalized spacial score (nSPS) is 21.2. The highest BCUT2D eigenvalue weighted by Crippen LogP contribution is 2.40. The molecule has 2 saturated carbocycles. The van der Waals surface area contributed by atoms with Crippen molar-refractivity contribution in [3.05, 3.63) is 18.2 Å². The molecule has 2 aliphatic rings. The molecule has 0 atom stereocenters. The van der Waals surface area contributed by atoms with Gasteiger partial charge in [-0.3, -0.25) is 4.79 Å². The predicted octanol–water partition coefficient (Wildman–Crippen LogP) is 1.82. The number of aromatic nitrogens is 2. The SMILES string of the molecule is Cn1ccnc1CN(C(=O)C1(CN)CCCCC1)C1CC1. The molecule has 2 aliphatic carbocycles. The fraction of sp³-hybridized carbons (Fsp3) is 0.750. The van der Waals surface area contributed by atoms with Gasteiger partial charge in [0.25, 0.3) is 0 Å². The number of carbonyl (C=O) groups excluding carboxylic acids is 1. The number of imidazole rings is 1. The lowest BCUT2D eigenvalue weighted by molar-refractivity contribution is -0.145. The molecule has 1 amide bonds. The molecule has 3 rings (SSSR count). The Hall–Kier alpha value is -1.36. The van der Waals surface area contributed by atoms with Gasteiger partial charge in [-0.2, -0.15) is 0 Å². The van der Waals surface area contributed by atoms with Crippen molar-refractivity contribution in [1.82, 2.24) is 14.5 Å². The van der Waals surface area contributed by atoms with Gasteiger partial charge in [0.05, 0.1) is 12.0 Å². The molecule has 0 bridgehead atoms. The van der Waals surface area contributed by atoms with E-state index in [-0.39, 0.29) is 11.3 Å². The van der Waals surface area contributed by atoms with Gasteiger partial charge >= 0.3 is 0 Å². The van der Waals surface area contributed by atoms with Crippen molar-refractivity contribution >= 4 is 5.91 Å². The maximum atomic E-state index is 13.2. The van der Waals surface area contributed by atoms with Crippen molar-refractivity contribution in [3.8, 4) is 0 Å². The third kappa shape index (κ3) is 2.84. The molecule has 1 aromatic rings. The molecule has 116 valence electrons. The van der Waals surface area contributed by atoms with Crippen LogP contribution in [0.2, 0.25) is 0 Å². The van der Waals surface area contributed by atoms with E-state index in [1.165, 1.54) is 6.42 Å². The standard InChI is InChI=1S/C16H26N4O/c1-19-10-9-18-14(19)11-20(13-5-6-13)15(21)16(12-17)7-3-2-4-8-16/h9-10,13H,2-8,11-12,17H2,1H3. The molecular formula is C16H26N4O. The molecule has 0 aromatic carbocycles. The van der Waals surface area contributed by atoms with Crippen molar-refractivity contribution in [2.45, 2.75) is 57.5 Å². The first-order valence-electron chi connectivity index (χ1n) is 8.14. The largest absolute Gasteiger partial charge is 0.337 e. The van der Waals surface area contributed by atoms with Crippen molar-refractivity contribution < 1.29 is 4.79 Å². The third-order valence-electron chi connectivity index (χ3n) is 5.14. The van der Waals surface area contributed by atoms with Crippen LogP contribution in [0.15, 0.2) is 12.4 Å². The summed E-state index contributed by atoms with van der Waals surface area (Å²) in [7, 11) is 1.98. The number of hydrogen-bond donors (Lipinski definition) is 1. The molecule has 21 heavy (non-hydrogen) atoms. The predicted molar refractivity (Wildman–Crippen MR) is 81.4 cm³/mol. The Morgan fingerprint density at radius 2 is 2.14 bits per heavy atom. The molecule has 0 aliphatic heterocycles. The maximum Gasteiger partial charge on any atom is 0.230 e. The van der Waals surface area contributed by atoms with Gasteiger partial charge in [-0.25, -0.2) is 4.98 Å². The molecule has 0 radical (unpaired) electrons. The van der Waals surface area contributed by atoms with Crippen LogP contribution in [0, 0.1) is 5.41 Å². The maximum absolute atomic E-state index is 13.2. The van der Waals surface area contributed by atoms with Crippen LogP contribution in [0.25, 0.3) is 0 Å². The third-order valence-corrected chi connectivity index (χ3v) is 5.14. The van der Waals surface area contributed by atoms with Crippen molar-refractivity contribution in [3.63, 3.8) is 0 Å². The van der Waals surface area contributed by atoms with E-state index in [0.717, 1.165) is 44.3 Å². The summed E-state index contributed by atoms with van der Waals surface area (Å²) in [5.41, 5.74) is 5.72. The Morgan fingerprint density at radius 1 is 1.43 bits per heavy atom. The number of aryl methyl sites for hydroxylation is 1. The minimum atomic E-state index is -0.313. The Labute approximate surface area is 126 Å². The highest BCUT2D eigenvalue weighted by Gasteiger charge is 2.45. The first-order valence-corrected chi connectivity index (χ1v) is 8.14. The molecule has 5 nitrogen and oxygen atoms in total. The summed E-state index contributed by atoms with van der Waals surface area (Å²) in [5.74, 6) is 1.23. The Morgan fingerprint density at radius 3 is 2.67 bits per heavy atom. The lowest BCUT2D eigenvalue weighted by Gasteiger charge is -2.39. The van der Waals surface area contributed by atoms with Crippen LogP contribution < -0.4 is 5.73 Å². The molecule has 2 N–H and O–H groups in total. The number of rotatable bonds is 5. The molecule has 0 spiro atoms. The van der Waals surface area contributed by atoms with E-state index < -0.39 is 0 Å². The summed E-state index contributed by atoms with van der Waals surface area (Å²) in [4.78, 5) is 19.6. The number of amides is 1. The van der Waals surface area contributed by atoms with E-state index in [0.29, 0.717) is 19.1 Å². The summed E-state index contributed by atoms with van der Waals surface area (Å²) >= 11 is 0. The highest BCUT2D eigenvalue weighted by molar-refractivity contribution is 5.83. The van der Waals surface area contributed by atoms with E-state index in [1.807, 2.05) is 17.8 Å². The number of nitrogens with two attached hydrogens (primary N) is 1. The smallest absolute Gasteiger partial charge is 0.230 e. The topological polar surface area (TPSA) is 64.2 Å². The number of hydrogen-bond acceptors (Lipinski definition) is 3. The second kappa shape index (κ2) is 5.79. The van der Waals surface area contributed by atoms with Gasteiger partial charge in [0.2, 0.25) is 5.91 Å². The first-order chi connectivity index (χ1) is 10.2. The van der Waals surface area contributed by atoms with Crippen LogP contribution in [0.1, 0.15) is 50.8 Å². The van der Waals surface area contributed by atoms with E-state index >= 15 is 0 Å². The van der Waals surface area contributed by atoms with Gasteiger partial charge in [0, 0.05) is 32.0 Å². The average Bonchev–Trinajstić information content (AvgIpc) is 3.28. The van der Waals surface area contributed by atoms with Crippen LogP contribution in [0.5, 0.6) is 0 Å². The zero-order chi connectivity index (χ0) is 14.9. The average molecular weight is 290 g/mol. The van der Waals surface area contributed by atoms with Gasteiger partial charge in [0.15, 0.2) is 0 Å². The molecule has 5 heteroatoms. The lowest BCUT2D eigenvalue weighted by atomic mass is 9.73. The minimum absolute atomic E-state index is 0.273. The first kappa shape index (κ1) is 14.6. The van der Waals surface area contributed by atoms with Crippen LogP contribution in [0.3, 0.4) is 0 Å². The highest BCUT2D eigenvalue weighted by atomic mass is 16.2. The van der Waals surface area contributed by atoms with E-state index in [2.05, 4.69) is 9.88 Å². The van der Waals surface area contributed by atoms with E-state index in [9.17, 15) is 4.79 Å². The number of carbonyl (C=O) groups is 1. The quantitative estimate of drug-likeness (QED) is 0.899. The van der Waals surface area contributed by atoms with Crippen LogP contribution >= 0.6 is 0 Å². The second-order valence-electron chi connectivity index (χ2n) is 6.66. The molecule has 1 aromatic heterocycles. The molecular weight excluding hydrogens is 264 g/mol. The minimum Gasteiger partial charge on any atom is -0.337 e. The summed E-state index contributed by atoms with van der Waals surface area (Å²) in [6.07, 6.45) is 11.4. The van der Waals surface area contributed by atoms with E-state index in [4.69, 9.17) is 5.73 Å². The fourth-order valence-electron chi connectivity index (χ4n) is 3.49. The molecule has 1 heterocycles. The zero-order valence-electron chi connectivity index (χ0n) is 12.9. The summed E-state index contributed by atoms with van der Waals surface area (Å²) < 4.78 is 2.00. The molecule has 0 saturated heterocycles. The summed E-state index contributed by atoms with van der Waals surface area (Å²) in [5, 5.41) is 0. The van der Waals surface area contributed by atoms with Gasteiger partial charge in [0.1, 0.15) is 5.82 Å². The Balaban J connectivity index is 1.79. The monoisotopic (exact) mass is 290 g/mol. The fourth-order valence-corrected chi connectivity index (χ4v) is 3.49. The molecule has 2 fully saturated rings. The van der Waals surface area contributed by atoms with Crippen LogP contribution in [-0.2, 0) is 18.4 Å². The van der Waals surface area contributed by atoms with Crippen LogP contribution in [-0.4, -0.2) is 32.9 Å². The van der Waals surface area contributed by atoms with Crippen molar-refractivity contribution in [2.75, 3.05) is 6.54 Å². The van der Waals surface area contributed by atoms with Gasteiger partial charge < -0.3 is 15.2 Å². The van der Waals surface area contributed by atoms with Crippen LogP contribution in [0.4, 0.5) is 0 Å².